The van der Waals surface area contributed by atoms with Gasteiger partial charge in [-0.15, -0.1) is 11.3 Å². The maximum Gasteiger partial charge on any atom is 0.203 e. The van der Waals surface area contributed by atoms with Crippen molar-refractivity contribution in [3.05, 3.63) is 40.1 Å². The van der Waals surface area contributed by atoms with Gasteiger partial charge in [0.1, 0.15) is 0 Å². The van der Waals surface area contributed by atoms with Crippen LogP contribution in [0.1, 0.15) is 16.9 Å². The second-order valence-electron chi connectivity index (χ2n) is 6.98. The number of aliphatic hydroxyl groups is 1. The van der Waals surface area contributed by atoms with Crippen molar-refractivity contribution >= 4 is 11.3 Å². The Labute approximate surface area is 171 Å². The topological polar surface area (TPSA) is 54.4 Å². The second-order valence-corrected chi connectivity index (χ2v) is 8.02. The number of piperazine rings is 1. The van der Waals surface area contributed by atoms with Crippen LogP contribution in [0.5, 0.6) is 17.2 Å². The smallest absolute Gasteiger partial charge is 0.203 e. The van der Waals surface area contributed by atoms with Gasteiger partial charge in [-0.1, -0.05) is 6.07 Å². The Hall–Kier alpha value is -1.80. The van der Waals surface area contributed by atoms with E-state index in [1.165, 1.54) is 4.88 Å². The number of hydrogen-bond acceptors (Lipinski definition) is 7. The molecule has 28 heavy (non-hydrogen) atoms. The van der Waals surface area contributed by atoms with E-state index in [0.717, 1.165) is 44.7 Å². The summed E-state index contributed by atoms with van der Waals surface area (Å²) in [5.41, 5.74) is 1.13. The minimum atomic E-state index is 0.212. The van der Waals surface area contributed by atoms with Crippen LogP contribution in [-0.2, 0) is 13.1 Å². The number of hydrogen-bond donors (Lipinski definition) is 1. The Morgan fingerprint density at radius 3 is 2.39 bits per heavy atom. The van der Waals surface area contributed by atoms with E-state index in [1.54, 1.807) is 32.7 Å². The minimum Gasteiger partial charge on any atom is -0.493 e. The van der Waals surface area contributed by atoms with Gasteiger partial charge in [0.2, 0.25) is 5.75 Å². The summed E-state index contributed by atoms with van der Waals surface area (Å²) in [5.74, 6) is 1.98. The predicted molar refractivity (Wildman–Crippen MR) is 112 cm³/mol. The third-order valence-corrected chi connectivity index (χ3v) is 6.08. The molecule has 2 aromatic rings. The molecule has 1 aliphatic rings. The van der Waals surface area contributed by atoms with Gasteiger partial charge < -0.3 is 19.3 Å². The standard InChI is InChI=1S/C21H30N2O4S/c1-25-19-11-16(12-20(26-2)21(19)27-3)13-22-7-8-23(17(14-22)6-9-24)15-18-5-4-10-28-18/h4-5,10-12,17,24H,6-9,13-15H2,1-3H3. The lowest BCUT2D eigenvalue weighted by atomic mass is 10.1. The van der Waals surface area contributed by atoms with Crippen molar-refractivity contribution in [2.24, 2.45) is 0 Å². The van der Waals surface area contributed by atoms with Crippen LogP contribution in [0.4, 0.5) is 0 Å². The van der Waals surface area contributed by atoms with Crippen LogP contribution in [0, 0.1) is 0 Å². The van der Waals surface area contributed by atoms with Crippen LogP contribution in [-0.4, -0.2) is 68.5 Å². The fraction of sp³-hybridized carbons (Fsp3) is 0.524. The quantitative estimate of drug-likeness (QED) is 0.691. The molecular formula is C21H30N2O4S. The van der Waals surface area contributed by atoms with Crippen molar-refractivity contribution in [3.63, 3.8) is 0 Å². The highest BCUT2D eigenvalue weighted by molar-refractivity contribution is 7.09. The van der Waals surface area contributed by atoms with Crippen LogP contribution in [0.3, 0.4) is 0 Å². The Bertz CT molecular complexity index is 713. The van der Waals surface area contributed by atoms with Crippen molar-refractivity contribution < 1.29 is 19.3 Å². The SMILES string of the molecule is COc1cc(CN2CCN(Cc3cccs3)C(CCO)C2)cc(OC)c1OC. The summed E-state index contributed by atoms with van der Waals surface area (Å²) in [7, 11) is 4.90. The molecule has 1 fully saturated rings. The van der Waals surface area contributed by atoms with E-state index in [2.05, 4.69) is 27.3 Å². The molecule has 1 atom stereocenters. The summed E-state index contributed by atoms with van der Waals surface area (Å²) < 4.78 is 16.4. The number of rotatable bonds is 9. The summed E-state index contributed by atoms with van der Waals surface area (Å²) in [5, 5.41) is 11.7. The van der Waals surface area contributed by atoms with Crippen LogP contribution in [0.2, 0.25) is 0 Å². The van der Waals surface area contributed by atoms with E-state index in [9.17, 15) is 5.11 Å². The molecule has 1 N–H and O–H groups in total. The van der Waals surface area contributed by atoms with Crippen LogP contribution in [0.15, 0.2) is 29.6 Å². The van der Waals surface area contributed by atoms with Gasteiger partial charge in [-0.25, -0.2) is 0 Å². The lowest BCUT2D eigenvalue weighted by Gasteiger charge is -2.41. The van der Waals surface area contributed by atoms with Gasteiger partial charge in [0.15, 0.2) is 11.5 Å². The molecule has 7 heteroatoms. The molecule has 1 saturated heterocycles. The number of ether oxygens (including phenoxy) is 3. The molecule has 0 spiro atoms. The van der Waals surface area contributed by atoms with Crippen molar-refractivity contribution in [1.29, 1.82) is 0 Å². The van der Waals surface area contributed by atoms with Gasteiger partial charge in [-0.2, -0.15) is 0 Å². The first kappa shape index (κ1) is 20.9. The molecule has 1 aromatic carbocycles. The number of methoxy groups -OCH3 is 3. The van der Waals surface area contributed by atoms with E-state index in [-0.39, 0.29) is 6.61 Å². The normalized spacial score (nSPS) is 18.2. The maximum absolute atomic E-state index is 9.54. The molecule has 1 unspecified atom stereocenters. The lowest BCUT2D eigenvalue weighted by Crippen LogP contribution is -2.52. The van der Waals surface area contributed by atoms with E-state index < -0.39 is 0 Å². The molecule has 1 aliphatic heterocycles. The number of nitrogens with zero attached hydrogens (tertiary/aromatic N) is 2. The molecule has 3 rings (SSSR count). The van der Waals surface area contributed by atoms with Gasteiger partial charge in [-0.3, -0.25) is 9.80 Å². The molecule has 0 bridgehead atoms. The highest BCUT2D eigenvalue weighted by Gasteiger charge is 2.27. The first-order valence-corrected chi connectivity index (χ1v) is 10.4. The summed E-state index contributed by atoms with van der Waals surface area (Å²) in [6.45, 7) is 4.90. The first-order chi connectivity index (χ1) is 13.7. The fourth-order valence-corrected chi connectivity index (χ4v) is 4.55. The van der Waals surface area contributed by atoms with E-state index >= 15 is 0 Å². The van der Waals surface area contributed by atoms with Crippen molar-refractivity contribution in [2.45, 2.75) is 25.6 Å². The van der Waals surface area contributed by atoms with Gasteiger partial charge in [0, 0.05) is 50.2 Å². The number of thiophene rings is 1. The molecule has 0 amide bonds. The highest BCUT2D eigenvalue weighted by atomic mass is 32.1. The Morgan fingerprint density at radius 1 is 1.07 bits per heavy atom. The van der Waals surface area contributed by atoms with Crippen LogP contribution in [0.25, 0.3) is 0 Å². The molecular weight excluding hydrogens is 376 g/mol. The largest absolute Gasteiger partial charge is 0.493 e. The zero-order valence-corrected chi connectivity index (χ0v) is 17.7. The average Bonchev–Trinajstić information content (AvgIpc) is 3.22. The lowest BCUT2D eigenvalue weighted by molar-refractivity contribution is 0.0506. The fourth-order valence-electron chi connectivity index (χ4n) is 3.82. The van der Waals surface area contributed by atoms with Crippen LogP contribution >= 0.6 is 11.3 Å². The van der Waals surface area contributed by atoms with E-state index in [0.29, 0.717) is 23.3 Å². The predicted octanol–water partition coefficient (Wildman–Crippen LogP) is 2.84. The van der Waals surface area contributed by atoms with Gasteiger partial charge in [0.05, 0.1) is 21.3 Å². The van der Waals surface area contributed by atoms with E-state index in [4.69, 9.17) is 14.2 Å². The average molecular weight is 407 g/mol. The molecule has 6 nitrogen and oxygen atoms in total. The highest BCUT2D eigenvalue weighted by Crippen LogP contribution is 2.38. The van der Waals surface area contributed by atoms with Crippen molar-refractivity contribution in [3.8, 4) is 17.2 Å². The summed E-state index contributed by atoms with van der Waals surface area (Å²) in [4.78, 5) is 6.31. The van der Waals surface area contributed by atoms with Crippen LogP contribution < -0.4 is 14.2 Å². The first-order valence-electron chi connectivity index (χ1n) is 9.57. The number of aliphatic hydroxyl groups excluding tert-OH is 1. The van der Waals surface area contributed by atoms with E-state index in [1.807, 2.05) is 12.1 Å². The molecule has 154 valence electrons. The summed E-state index contributed by atoms with van der Waals surface area (Å²) in [6, 6.07) is 8.66. The zero-order valence-electron chi connectivity index (χ0n) is 16.9. The van der Waals surface area contributed by atoms with Crippen molar-refractivity contribution in [1.82, 2.24) is 9.80 Å². The van der Waals surface area contributed by atoms with Gasteiger partial charge >= 0.3 is 0 Å². The Kier molecular flexibility index (Phi) is 7.56. The third kappa shape index (κ3) is 4.97. The third-order valence-electron chi connectivity index (χ3n) is 5.22. The maximum atomic E-state index is 9.54. The molecule has 0 saturated carbocycles. The zero-order chi connectivity index (χ0) is 19.9. The van der Waals surface area contributed by atoms with Gasteiger partial charge in [-0.05, 0) is 35.6 Å². The van der Waals surface area contributed by atoms with Gasteiger partial charge in [0.25, 0.3) is 0 Å². The summed E-state index contributed by atoms with van der Waals surface area (Å²) >= 11 is 1.79. The van der Waals surface area contributed by atoms with Crippen molar-refractivity contribution in [2.75, 3.05) is 47.6 Å². The molecule has 1 aromatic heterocycles. The monoisotopic (exact) mass is 406 g/mol. The molecule has 2 heterocycles. The minimum absolute atomic E-state index is 0.212. The Balaban J connectivity index is 1.69. The Morgan fingerprint density at radius 2 is 1.82 bits per heavy atom. The summed E-state index contributed by atoms with van der Waals surface area (Å²) in [6.07, 6.45) is 0.789. The number of benzene rings is 1. The second kappa shape index (κ2) is 10.1. The molecule has 0 aliphatic carbocycles. The molecule has 0 radical (unpaired) electrons.